The predicted molar refractivity (Wildman–Crippen MR) is 74.4 cm³/mol. The fourth-order valence-electron chi connectivity index (χ4n) is 1.60. The van der Waals surface area contributed by atoms with Crippen molar-refractivity contribution in [2.24, 2.45) is 10.4 Å². The Hall–Kier alpha value is -1.03. The number of amidine groups is 1. The van der Waals surface area contributed by atoms with Crippen molar-refractivity contribution in [3.8, 4) is 0 Å². The van der Waals surface area contributed by atoms with Crippen LogP contribution in [0.25, 0.3) is 0 Å². The van der Waals surface area contributed by atoms with Gasteiger partial charge in [0.1, 0.15) is 0 Å². The second-order valence-corrected chi connectivity index (χ2v) is 6.19. The number of aliphatic imine (C=N–C) groups is 1. The van der Waals surface area contributed by atoms with Crippen LogP contribution in [0.4, 0.5) is 0 Å². The summed E-state index contributed by atoms with van der Waals surface area (Å²) in [4.78, 5) is 8.72. The van der Waals surface area contributed by atoms with Gasteiger partial charge in [0.25, 0.3) is 0 Å². The van der Waals surface area contributed by atoms with E-state index in [1.807, 2.05) is 30.2 Å². The molecule has 0 atom stereocenters. The highest BCUT2D eigenvalue weighted by atomic mass is 32.2. The molecule has 0 bridgehead atoms. The van der Waals surface area contributed by atoms with Crippen LogP contribution in [0.1, 0.15) is 25.0 Å². The van der Waals surface area contributed by atoms with E-state index in [-0.39, 0.29) is 0 Å². The van der Waals surface area contributed by atoms with E-state index in [2.05, 4.69) is 36.1 Å². The Morgan fingerprint density at radius 2 is 2.29 bits per heavy atom. The Morgan fingerprint density at radius 1 is 1.47 bits per heavy atom. The van der Waals surface area contributed by atoms with Crippen LogP contribution < -0.4 is 5.32 Å². The van der Waals surface area contributed by atoms with Crippen LogP contribution in [-0.4, -0.2) is 22.4 Å². The minimum Gasteiger partial charge on any atom is -0.361 e. The lowest BCUT2D eigenvalue weighted by molar-refractivity contribution is 0.436. The Bertz CT molecular complexity index is 426. The van der Waals surface area contributed by atoms with Gasteiger partial charge >= 0.3 is 0 Å². The van der Waals surface area contributed by atoms with E-state index in [0.717, 1.165) is 24.0 Å². The average Bonchev–Trinajstić information content (AvgIpc) is 2.30. The molecule has 0 saturated heterocycles. The van der Waals surface area contributed by atoms with E-state index >= 15 is 0 Å². The first-order valence-corrected chi connectivity index (χ1v) is 6.86. The lowest BCUT2D eigenvalue weighted by atomic mass is 9.97. The quantitative estimate of drug-likeness (QED) is 0.875. The van der Waals surface area contributed by atoms with E-state index in [4.69, 9.17) is 0 Å². The molecule has 0 radical (unpaired) electrons. The van der Waals surface area contributed by atoms with Crippen molar-refractivity contribution in [1.29, 1.82) is 0 Å². The molecule has 92 valence electrons. The molecule has 1 aliphatic heterocycles. The van der Waals surface area contributed by atoms with Crippen molar-refractivity contribution < 1.29 is 0 Å². The summed E-state index contributed by atoms with van der Waals surface area (Å²) < 4.78 is 0. The van der Waals surface area contributed by atoms with E-state index < -0.39 is 0 Å². The number of nitrogens with zero attached hydrogens (tertiary/aromatic N) is 2. The third-order valence-electron chi connectivity index (χ3n) is 2.83. The van der Waals surface area contributed by atoms with E-state index in [9.17, 15) is 0 Å². The first-order chi connectivity index (χ1) is 8.07. The zero-order chi connectivity index (χ0) is 12.3. The van der Waals surface area contributed by atoms with Gasteiger partial charge in [0.2, 0.25) is 0 Å². The fourth-order valence-corrected chi connectivity index (χ4v) is 2.55. The molecule has 0 fully saturated rings. The molecule has 1 aromatic rings. The number of aromatic nitrogens is 1. The molecule has 1 N–H and O–H groups in total. The highest BCUT2D eigenvalue weighted by Gasteiger charge is 2.23. The van der Waals surface area contributed by atoms with Crippen LogP contribution >= 0.6 is 11.8 Å². The lowest BCUT2D eigenvalue weighted by Gasteiger charge is -2.27. The van der Waals surface area contributed by atoms with Gasteiger partial charge in [-0.25, -0.2) is 0 Å². The van der Waals surface area contributed by atoms with Crippen LogP contribution in [0.3, 0.4) is 0 Å². The second-order valence-electron chi connectivity index (χ2n) is 5.23. The van der Waals surface area contributed by atoms with Crippen LogP contribution in [0, 0.1) is 12.3 Å². The van der Waals surface area contributed by atoms with Crippen LogP contribution in [-0.2, 0) is 6.54 Å². The highest BCUT2D eigenvalue weighted by molar-refractivity contribution is 8.13. The van der Waals surface area contributed by atoms with Gasteiger partial charge in [-0.05, 0) is 29.5 Å². The molecule has 17 heavy (non-hydrogen) atoms. The van der Waals surface area contributed by atoms with Gasteiger partial charge in [0.15, 0.2) is 5.17 Å². The average molecular weight is 249 g/mol. The Morgan fingerprint density at radius 3 is 2.94 bits per heavy atom. The fraction of sp³-hybridized carbons (Fsp3) is 0.538. The molecule has 4 heteroatoms. The van der Waals surface area contributed by atoms with Gasteiger partial charge in [0.05, 0.1) is 0 Å². The largest absolute Gasteiger partial charge is 0.361 e. The number of hydrogen-bond acceptors (Lipinski definition) is 4. The Balaban J connectivity index is 1.92. The summed E-state index contributed by atoms with van der Waals surface area (Å²) in [5, 5.41) is 4.45. The lowest BCUT2D eigenvalue weighted by Crippen LogP contribution is -2.31. The maximum atomic E-state index is 4.58. The molecular weight excluding hydrogens is 230 g/mol. The summed E-state index contributed by atoms with van der Waals surface area (Å²) in [7, 11) is 0. The molecule has 2 rings (SSSR count). The summed E-state index contributed by atoms with van der Waals surface area (Å²) in [6.45, 7) is 8.34. The van der Waals surface area contributed by atoms with Gasteiger partial charge in [-0.15, -0.1) is 0 Å². The zero-order valence-electron chi connectivity index (χ0n) is 10.7. The van der Waals surface area contributed by atoms with Crippen LogP contribution in [0.15, 0.2) is 23.5 Å². The topological polar surface area (TPSA) is 37.3 Å². The normalized spacial score (nSPS) is 18.6. The van der Waals surface area contributed by atoms with E-state index in [1.54, 1.807) is 0 Å². The predicted octanol–water partition coefficient (Wildman–Crippen LogP) is 2.61. The summed E-state index contributed by atoms with van der Waals surface area (Å²) in [5.74, 6) is 1.13. The number of aryl methyl sites for hydroxylation is 1. The summed E-state index contributed by atoms with van der Waals surface area (Å²) >= 11 is 1.81. The van der Waals surface area contributed by atoms with Crippen molar-refractivity contribution in [2.75, 3.05) is 12.3 Å². The molecule has 0 aliphatic carbocycles. The second kappa shape index (κ2) is 5.08. The van der Waals surface area contributed by atoms with E-state index in [1.165, 1.54) is 11.1 Å². The molecule has 0 unspecified atom stereocenters. The maximum Gasteiger partial charge on any atom is 0.156 e. The Kier molecular flexibility index (Phi) is 3.72. The minimum absolute atomic E-state index is 0.333. The summed E-state index contributed by atoms with van der Waals surface area (Å²) in [6, 6.07) is 2.04. The molecule has 0 saturated carbocycles. The third-order valence-corrected chi connectivity index (χ3v) is 4.30. The summed E-state index contributed by atoms with van der Waals surface area (Å²) in [6.07, 6.45) is 3.74. The van der Waals surface area contributed by atoms with Gasteiger partial charge in [-0.1, -0.05) is 25.6 Å². The van der Waals surface area contributed by atoms with Crippen LogP contribution in [0.5, 0.6) is 0 Å². The molecule has 2 heterocycles. The van der Waals surface area contributed by atoms with Gasteiger partial charge in [-0.2, -0.15) is 0 Å². The number of thioether (sulfide) groups is 1. The zero-order valence-corrected chi connectivity index (χ0v) is 11.5. The van der Waals surface area contributed by atoms with Crippen LogP contribution in [0.2, 0.25) is 0 Å². The first-order valence-electron chi connectivity index (χ1n) is 5.87. The van der Waals surface area contributed by atoms with Crippen molar-refractivity contribution >= 4 is 16.9 Å². The summed E-state index contributed by atoms with van der Waals surface area (Å²) in [5.41, 5.74) is 2.84. The first kappa shape index (κ1) is 12.4. The number of hydrogen-bond donors (Lipinski definition) is 1. The molecule has 0 aromatic carbocycles. The number of rotatable bonds is 2. The minimum atomic E-state index is 0.333. The van der Waals surface area contributed by atoms with E-state index in [0.29, 0.717) is 5.41 Å². The van der Waals surface area contributed by atoms with Gasteiger partial charge < -0.3 is 5.32 Å². The Labute approximate surface area is 107 Å². The third kappa shape index (κ3) is 3.46. The number of nitrogens with one attached hydrogen (secondary N) is 1. The van der Waals surface area contributed by atoms with Crippen molar-refractivity contribution in [1.82, 2.24) is 10.3 Å². The maximum absolute atomic E-state index is 4.58. The number of pyridine rings is 1. The molecule has 1 aromatic heterocycles. The molecular formula is C13H19N3S. The molecule has 0 spiro atoms. The SMILES string of the molecule is Cc1ccncc1CNC1=NCC(C)(C)CS1. The highest BCUT2D eigenvalue weighted by Crippen LogP contribution is 2.27. The van der Waals surface area contributed by atoms with Crippen molar-refractivity contribution in [3.05, 3.63) is 29.6 Å². The van der Waals surface area contributed by atoms with Crippen molar-refractivity contribution in [3.63, 3.8) is 0 Å². The monoisotopic (exact) mass is 249 g/mol. The molecule has 1 aliphatic rings. The smallest absolute Gasteiger partial charge is 0.156 e. The van der Waals surface area contributed by atoms with Gasteiger partial charge in [-0.3, -0.25) is 9.98 Å². The standard InChI is InChI=1S/C13H19N3S/c1-10-4-5-14-6-11(10)7-15-12-16-8-13(2,3)9-17-12/h4-6H,7-9H2,1-3H3,(H,15,16). The molecule has 0 amide bonds. The molecule has 3 nitrogen and oxygen atoms in total. The van der Waals surface area contributed by atoms with Crippen molar-refractivity contribution in [2.45, 2.75) is 27.3 Å². The van der Waals surface area contributed by atoms with Gasteiger partial charge in [0, 0.05) is 31.2 Å².